The zero-order valence-corrected chi connectivity index (χ0v) is 9.84. The highest BCUT2D eigenvalue weighted by Crippen LogP contribution is 2.19. The van der Waals surface area contributed by atoms with Gasteiger partial charge in [-0.2, -0.15) is 5.26 Å². The van der Waals surface area contributed by atoms with Gasteiger partial charge >= 0.3 is 0 Å². The SMILES string of the molecule is CCNC(C)(C#N)CSc1ccccn1. The first-order valence-electron chi connectivity index (χ1n) is 4.90. The van der Waals surface area contributed by atoms with E-state index in [0.29, 0.717) is 5.75 Å². The number of nitriles is 1. The van der Waals surface area contributed by atoms with E-state index in [1.807, 2.05) is 32.0 Å². The predicted octanol–water partition coefficient (Wildman–Crippen LogP) is 2.07. The molecule has 1 unspecified atom stereocenters. The Bertz CT molecular complexity index is 333. The second kappa shape index (κ2) is 5.74. The smallest absolute Gasteiger partial charge is 0.113 e. The Kier molecular flexibility index (Phi) is 4.60. The van der Waals surface area contributed by atoms with Crippen molar-refractivity contribution in [3.05, 3.63) is 24.4 Å². The van der Waals surface area contributed by atoms with Crippen molar-refractivity contribution >= 4 is 11.8 Å². The molecule has 3 nitrogen and oxygen atoms in total. The number of rotatable bonds is 5. The third kappa shape index (κ3) is 3.90. The maximum atomic E-state index is 9.05. The molecule has 80 valence electrons. The van der Waals surface area contributed by atoms with E-state index in [0.717, 1.165) is 11.6 Å². The van der Waals surface area contributed by atoms with Crippen LogP contribution in [0.5, 0.6) is 0 Å². The summed E-state index contributed by atoms with van der Waals surface area (Å²) in [6.07, 6.45) is 1.76. The van der Waals surface area contributed by atoms with Crippen molar-refractivity contribution in [1.29, 1.82) is 5.26 Å². The van der Waals surface area contributed by atoms with Crippen LogP contribution in [0, 0.1) is 11.3 Å². The normalized spacial score (nSPS) is 14.2. The summed E-state index contributed by atoms with van der Waals surface area (Å²) in [6, 6.07) is 8.08. The molecule has 0 saturated carbocycles. The van der Waals surface area contributed by atoms with Gasteiger partial charge in [0.15, 0.2) is 0 Å². The second-order valence-corrected chi connectivity index (χ2v) is 4.43. The topological polar surface area (TPSA) is 48.7 Å². The van der Waals surface area contributed by atoms with E-state index in [1.54, 1.807) is 18.0 Å². The van der Waals surface area contributed by atoms with E-state index < -0.39 is 5.54 Å². The molecule has 0 amide bonds. The van der Waals surface area contributed by atoms with Gasteiger partial charge in [0.25, 0.3) is 0 Å². The Morgan fingerprint density at radius 1 is 1.60 bits per heavy atom. The molecule has 0 aliphatic carbocycles. The molecule has 4 heteroatoms. The van der Waals surface area contributed by atoms with Crippen molar-refractivity contribution in [3.8, 4) is 6.07 Å². The van der Waals surface area contributed by atoms with Crippen LogP contribution in [0.15, 0.2) is 29.4 Å². The first-order valence-corrected chi connectivity index (χ1v) is 5.89. The summed E-state index contributed by atoms with van der Waals surface area (Å²) >= 11 is 1.60. The van der Waals surface area contributed by atoms with Crippen LogP contribution in [-0.2, 0) is 0 Å². The average molecular weight is 221 g/mol. The summed E-state index contributed by atoms with van der Waals surface area (Å²) in [5.41, 5.74) is -0.475. The van der Waals surface area contributed by atoms with E-state index in [-0.39, 0.29) is 0 Å². The van der Waals surface area contributed by atoms with Gasteiger partial charge in [-0.3, -0.25) is 5.32 Å². The fourth-order valence-electron chi connectivity index (χ4n) is 1.16. The summed E-state index contributed by atoms with van der Waals surface area (Å²) in [5, 5.41) is 13.2. The number of thioether (sulfide) groups is 1. The third-order valence-electron chi connectivity index (χ3n) is 1.96. The minimum Gasteiger partial charge on any atom is -0.299 e. The number of hydrogen-bond donors (Lipinski definition) is 1. The lowest BCUT2D eigenvalue weighted by molar-refractivity contribution is 0.511. The van der Waals surface area contributed by atoms with Crippen LogP contribution in [0.3, 0.4) is 0 Å². The fourth-order valence-corrected chi connectivity index (χ4v) is 2.08. The minimum absolute atomic E-state index is 0.475. The number of aromatic nitrogens is 1. The van der Waals surface area contributed by atoms with Gasteiger partial charge in [-0.15, -0.1) is 11.8 Å². The maximum Gasteiger partial charge on any atom is 0.113 e. The Labute approximate surface area is 94.9 Å². The van der Waals surface area contributed by atoms with E-state index in [1.165, 1.54) is 0 Å². The van der Waals surface area contributed by atoms with Gasteiger partial charge in [0.2, 0.25) is 0 Å². The molecule has 0 saturated heterocycles. The number of hydrogen-bond acceptors (Lipinski definition) is 4. The highest BCUT2D eigenvalue weighted by atomic mass is 32.2. The second-order valence-electron chi connectivity index (χ2n) is 3.43. The van der Waals surface area contributed by atoms with Crippen molar-refractivity contribution in [2.24, 2.45) is 0 Å². The van der Waals surface area contributed by atoms with Gasteiger partial charge in [0.05, 0.1) is 11.1 Å². The first kappa shape index (κ1) is 12.0. The molecular weight excluding hydrogens is 206 g/mol. The lowest BCUT2D eigenvalue weighted by atomic mass is 10.1. The molecule has 0 bridgehead atoms. The Balaban J connectivity index is 2.52. The Morgan fingerprint density at radius 3 is 2.93 bits per heavy atom. The minimum atomic E-state index is -0.475. The molecule has 1 N–H and O–H groups in total. The van der Waals surface area contributed by atoms with E-state index in [4.69, 9.17) is 5.26 Å². The predicted molar refractivity (Wildman–Crippen MR) is 62.7 cm³/mol. The maximum absolute atomic E-state index is 9.05. The number of nitrogens with zero attached hydrogens (tertiary/aromatic N) is 2. The molecule has 1 rings (SSSR count). The molecule has 1 heterocycles. The average Bonchev–Trinajstić information content (AvgIpc) is 2.28. The van der Waals surface area contributed by atoms with Crippen LogP contribution in [-0.4, -0.2) is 22.8 Å². The number of pyridine rings is 1. The standard InChI is InChI=1S/C11H15N3S/c1-3-14-11(2,8-12)9-15-10-6-4-5-7-13-10/h4-7,14H,3,9H2,1-2H3. The number of nitrogens with one attached hydrogen (secondary N) is 1. The van der Waals surface area contributed by atoms with Gasteiger partial charge in [0.1, 0.15) is 5.54 Å². The van der Waals surface area contributed by atoms with Crippen LogP contribution in [0.1, 0.15) is 13.8 Å². The lowest BCUT2D eigenvalue weighted by Crippen LogP contribution is -2.43. The molecule has 0 fully saturated rings. The monoisotopic (exact) mass is 221 g/mol. The summed E-state index contributed by atoms with van der Waals surface area (Å²) in [5.74, 6) is 0.703. The molecule has 0 radical (unpaired) electrons. The molecule has 0 aromatic carbocycles. The zero-order chi connectivity index (χ0) is 11.1. The first-order chi connectivity index (χ1) is 7.20. The van der Waals surface area contributed by atoms with Crippen molar-refractivity contribution < 1.29 is 0 Å². The molecular formula is C11H15N3S. The summed E-state index contributed by atoms with van der Waals surface area (Å²) in [4.78, 5) is 4.20. The molecule has 1 atom stereocenters. The van der Waals surface area contributed by atoms with Gasteiger partial charge in [-0.05, 0) is 25.6 Å². The van der Waals surface area contributed by atoms with Gasteiger partial charge in [-0.25, -0.2) is 4.98 Å². The summed E-state index contributed by atoms with van der Waals surface area (Å²) in [7, 11) is 0. The van der Waals surface area contributed by atoms with E-state index in [2.05, 4.69) is 16.4 Å². The Hall–Kier alpha value is -1.05. The lowest BCUT2D eigenvalue weighted by Gasteiger charge is -2.21. The summed E-state index contributed by atoms with van der Waals surface area (Å²) < 4.78 is 0. The largest absolute Gasteiger partial charge is 0.299 e. The highest BCUT2D eigenvalue weighted by Gasteiger charge is 2.22. The Morgan fingerprint density at radius 2 is 2.40 bits per heavy atom. The zero-order valence-electron chi connectivity index (χ0n) is 9.03. The van der Waals surface area contributed by atoms with Crippen molar-refractivity contribution in [2.45, 2.75) is 24.4 Å². The molecule has 15 heavy (non-hydrogen) atoms. The van der Waals surface area contributed by atoms with Crippen LogP contribution in [0.2, 0.25) is 0 Å². The van der Waals surface area contributed by atoms with Crippen LogP contribution < -0.4 is 5.32 Å². The molecule has 0 aliphatic rings. The van der Waals surface area contributed by atoms with E-state index in [9.17, 15) is 0 Å². The molecule has 0 spiro atoms. The van der Waals surface area contributed by atoms with Crippen molar-refractivity contribution in [2.75, 3.05) is 12.3 Å². The quantitative estimate of drug-likeness (QED) is 0.773. The fraction of sp³-hybridized carbons (Fsp3) is 0.455. The van der Waals surface area contributed by atoms with Gasteiger partial charge < -0.3 is 0 Å². The summed E-state index contributed by atoms with van der Waals surface area (Å²) in [6.45, 7) is 4.71. The molecule has 1 aromatic heterocycles. The molecule has 0 aliphatic heterocycles. The van der Waals surface area contributed by atoms with Crippen LogP contribution in [0.4, 0.5) is 0 Å². The third-order valence-corrected chi connectivity index (χ3v) is 3.22. The van der Waals surface area contributed by atoms with Crippen molar-refractivity contribution in [3.63, 3.8) is 0 Å². The van der Waals surface area contributed by atoms with Crippen molar-refractivity contribution in [1.82, 2.24) is 10.3 Å². The van der Waals surface area contributed by atoms with Gasteiger partial charge in [0, 0.05) is 11.9 Å². The molecule has 1 aromatic rings. The van der Waals surface area contributed by atoms with E-state index >= 15 is 0 Å². The highest BCUT2D eigenvalue weighted by molar-refractivity contribution is 7.99. The van der Waals surface area contributed by atoms with Crippen LogP contribution in [0.25, 0.3) is 0 Å². The van der Waals surface area contributed by atoms with Crippen LogP contribution >= 0.6 is 11.8 Å². The van der Waals surface area contributed by atoms with Gasteiger partial charge in [-0.1, -0.05) is 13.0 Å².